The lowest BCUT2D eigenvalue weighted by Gasteiger charge is -2.19. The summed E-state index contributed by atoms with van der Waals surface area (Å²) in [5, 5.41) is 10.3. The molecule has 0 radical (unpaired) electrons. The minimum atomic E-state index is -0.536. The molecule has 0 unspecified atom stereocenters. The van der Waals surface area contributed by atoms with E-state index in [1.807, 2.05) is 33.9 Å². The van der Waals surface area contributed by atoms with Crippen LogP contribution >= 0.6 is 0 Å². The number of hydrogen-bond acceptors (Lipinski definition) is 7. The molecule has 0 aromatic carbocycles. The number of furan rings is 1. The first-order chi connectivity index (χ1) is 15.2. The average molecular weight is 447 g/mol. The summed E-state index contributed by atoms with van der Waals surface area (Å²) in [5.41, 5.74) is 3.06. The van der Waals surface area contributed by atoms with E-state index in [2.05, 4.69) is 10.6 Å². The fraction of sp³-hybridized carbons (Fsp3) is 0.591. The summed E-state index contributed by atoms with van der Waals surface area (Å²) in [6.45, 7) is 9.35. The molecule has 1 aliphatic heterocycles. The predicted molar refractivity (Wildman–Crippen MR) is 114 cm³/mol. The molecular weight excluding hydrogens is 416 g/mol. The zero-order valence-corrected chi connectivity index (χ0v) is 18.9. The Hall–Kier alpha value is -2.85. The van der Waals surface area contributed by atoms with Crippen LogP contribution in [0.5, 0.6) is 0 Å². The first kappa shape index (κ1) is 22.3. The summed E-state index contributed by atoms with van der Waals surface area (Å²) < 4.78 is 23.5. The Morgan fingerprint density at radius 1 is 1.28 bits per heavy atom. The minimum absolute atomic E-state index is 0.138. The van der Waals surface area contributed by atoms with Crippen molar-refractivity contribution in [3.63, 3.8) is 0 Å². The zero-order valence-electron chi connectivity index (χ0n) is 18.9. The Morgan fingerprint density at radius 2 is 2.09 bits per heavy atom. The van der Waals surface area contributed by atoms with Crippen molar-refractivity contribution in [2.45, 2.75) is 58.8 Å². The minimum Gasteiger partial charge on any atom is -0.455 e. The number of rotatable bonds is 6. The van der Waals surface area contributed by atoms with Gasteiger partial charge in [0.2, 0.25) is 0 Å². The maximum atomic E-state index is 12.7. The first-order valence-electron chi connectivity index (χ1n) is 10.8. The number of alkyl carbamates (subject to hydrolysis) is 1. The highest BCUT2D eigenvalue weighted by molar-refractivity contribution is 5.95. The maximum absolute atomic E-state index is 12.7. The summed E-state index contributed by atoms with van der Waals surface area (Å²) >= 11 is 0. The van der Waals surface area contributed by atoms with Crippen LogP contribution < -0.4 is 10.6 Å². The molecule has 32 heavy (non-hydrogen) atoms. The van der Waals surface area contributed by atoms with Crippen molar-refractivity contribution in [2.24, 2.45) is 0 Å². The molecule has 2 aromatic rings. The van der Waals surface area contributed by atoms with Crippen molar-refractivity contribution in [2.75, 3.05) is 26.5 Å². The molecule has 1 fully saturated rings. The van der Waals surface area contributed by atoms with Gasteiger partial charge in [-0.1, -0.05) is 0 Å². The van der Waals surface area contributed by atoms with Crippen LogP contribution in [0.3, 0.4) is 0 Å². The van der Waals surface area contributed by atoms with Crippen molar-refractivity contribution >= 4 is 12.0 Å². The average Bonchev–Trinajstić information content (AvgIpc) is 3.43. The molecule has 2 N–H and O–H groups in total. The van der Waals surface area contributed by atoms with E-state index in [1.165, 1.54) is 0 Å². The van der Waals surface area contributed by atoms with Gasteiger partial charge in [-0.15, -0.1) is 0 Å². The van der Waals surface area contributed by atoms with Gasteiger partial charge >= 0.3 is 6.09 Å². The first-order valence-corrected chi connectivity index (χ1v) is 10.8. The quantitative estimate of drug-likeness (QED) is 0.698. The lowest BCUT2D eigenvalue weighted by atomic mass is 9.93. The van der Waals surface area contributed by atoms with E-state index in [0.717, 1.165) is 34.6 Å². The third-order valence-corrected chi connectivity index (χ3v) is 5.31. The fourth-order valence-electron chi connectivity index (χ4n) is 3.86. The monoisotopic (exact) mass is 446 g/mol. The summed E-state index contributed by atoms with van der Waals surface area (Å²) in [6.07, 6.45) is 2.88. The van der Waals surface area contributed by atoms with Crippen LogP contribution in [-0.4, -0.2) is 60.0 Å². The Kier molecular flexibility index (Phi) is 6.25. The molecule has 0 spiro atoms. The maximum Gasteiger partial charge on any atom is 0.407 e. The number of carbonyl (C=O) groups excluding carboxylic acids is 2. The van der Waals surface area contributed by atoms with Crippen molar-refractivity contribution in [1.29, 1.82) is 0 Å². The van der Waals surface area contributed by atoms with Gasteiger partial charge in [0, 0.05) is 36.8 Å². The van der Waals surface area contributed by atoms with E-state index in [9.17, 15) is 9.59 Å². The van der Waals surface area contributed by atoms with Crippen LogP contribution in [-0.2, 0) is 33.6 Å². The Balaban J connectivity index is 1.41. The highest BCUT2D eigenvalue weighted by atomic mass is 16.7. The Bertz CT molecular complexity index is 997. The SMILES string of the molecule is Cc1c(C(=O)NC[C@@H]2COCO2)oc2c1-c1nn(CCNC(=O)OC(C)(C)C)cc1CC2. The van der Waals surface area contributed by atoms with Gasteiger partial charge in [0.15, 0.2) is 5.76 Å². The lowest BCUT2D eigenvalue weighted by molar-refractivity contribution is 0.0459. The highest BCUT2D eigenvalue weighted by Crippen LogP contribution is 2.38. The number of nitrogens with one attached hydrogen (secondary N) is 2. The van der Waals surface area contributed by atoms with Crippen LogP contribution in [0.1, 0.15) is 48.2 Å². The van der Waals surface area contributed by atoms with Crippen LogP contribution in [0.25, 0.3) is 11.3 Å². The number of fused-ring (bicyclic) bond motifs is 3. The molecule has 3 heterocycles. The molecule has 4 rings (SSSR count). The van der Waals surface area contributed by atoms with Crippen LogP contribution in [0, 0.1) is 6.92 Å². The summed E-state index contributed by atoms with van der Waals surface area (Å²) in [7, 11) is 0. The van der Waals surface area contributed by atoms with Gasteiger partial charge in [0.25, 0.3) is 5.91 Å². The molecular formula is C22H30N4O6. The van der Waals surface area contributed by atoms with E-state index in [0.29, 0.717) is 38.4 Å². The van der Waals surface area contributed by atoms with Gasteiger partial charge in [-0.25, -0.2) is 4.79 Å². The van der Waals surface area contributed by atoms with E-state index in [4.69, 9.17) is 23.7 Å². The third kappa shape index (κ3) is 4.97. The highest BCUT2D eigenvalue weighted by Gasteiger charge is 2.30. The standard InChI is InChI=1S/C22H30N4O6/c1-13-17-16(31-19(13)20(27)24-9-15-11-29-12-30-15)6-5-14-10-26(25-18(14)17)8-7-23-21(28)32-22(2,3)4/h10,15H,5-9,11-12H2,1-4H3,(H,23,28)(H,24,27)/t15-/m1/s1. The Labute approximate surface area is 186 Å². The molecule has 2 amide bonds. The van der Waals surface area contributed by atoms with Crippen LogP contribution in [0.2, 0.25) is 0 Å². The van der Waals surface area contributed by atoms with Crippen molar-refractivity contribution < 1.29 is 28.2 Å². The van der Waals surface area contributed by atoms with Crippen molar-refractivity contribution in [1.82, 2.24) is 20.4 Å². The van der Waals surface area contributed by atoms with E-state index in [-0.39, 0.29) is 18.8 Å². The number of aryl methyl sites for hydroxylation is 2. The largest absolute Gasteiger partial charge is 0.455 e. The molecule has 2 aliphatic rings. The molecule has 2 aromatic heterocycles. The number of ether oxygens (including phenoxy) is 3. The number of aromatic nitrogens is 2. The van der Waals surface area contributed by atoms with Crippen LogP contribution in [0.15, 0.2) is 10.6 Å². The van der Waals surface area contributed by atoms with Crippen LogP contribution in [0.4, 0.5) is 4.79 Å². The predicted octanol–water partition coefficient (Wildman–Crippen LogP) is 2.18. The number of hydrogen-bond donors (Lipinski definition) is 2. The molecule has 10 nitrogen and oxygen atoms in total. The summed E-state index contributed by atoms with van der Waals surface area (Å²) in [6, 6.07) is 0. The Morgan fingerprint density at radius 3 is 2.81 bits per heavy atom. The second-order valence-corrected chi connectivity index (χ2v) is 9.04. The molecule has 0 saturated carbocycles. The number of amides is 2. The second-order valence-electron chi connectivity index (χ2n) is 9.04. The van der Waals surface area contributed by atoms with Crippen molar-refractivity contribution in [3.05, 3.63) is 28.8 Å². The van der Waals surface area contributed by atoms with Gasteiger partial charge in [0.05, 0.1) is 18.8 Å². The van der Waals surface area contributed by atoms with E-state index < -0.39 is 11.7 Å². The fourth-order valence-corrected chi connectivity index (χ4v) is 3.86. The molecule has 1 saturated heterocycles. The molecule has 10 heteroatoms. The molecule has 0 bridgehead atoms. The number of carbonyl (C=O) groups is 2. The summed E-state index contributed by atoms with van der Waals surface area (Å²) in [5.74, 6) is 0.815. The topological polar surface area (TPSA) is 117 Å². The third-order valence-electron chi connectivity index (χ3n) is 5.31. The lowest BCUT2D eigenvalue weighted by Crippen LogP contribution is -2.34. The van der Waals surface area contributed by atoms with E-state index in [1.54, 1.807) is 4.68 Å². The van der Waals surface area contributed by atoms with Gasteiger partial charge in [-0.3, -0.25) is 9.48 Å². The van der Waals surface area contributed by atoms with E-state index >= 15 is 0 Å². The molecule has 1 aliphatic carbocycles. The van der Waals surface area contributed by atoms with Gasteiger partial charge in [-0.2, -0.15) is 5.10 Å². The zero-order chi connectivity index (χ0) is 22.9. The molecule has 174 valence electrons. The van der Waals surface area contributed by atoms with Gasteiger partial charge < -0.3 is 29.3 Å². The normalized spacial score (nSPS) is 17.6. The molecule has 1 atom stereocenters. The van der Waals surface area contributed by atoms with Gasteiger partial charge in [0.1, 0.15) is 24.3 Å². The summed E-state index contributed by atoms with van der Waals surface area (Å²) in [4.78, 5) is 24.5. The van der Waals surface area contributed by atoms with Crippen molar-refractivity contribution in [3.8, 4) is 11.3 Å². The number of nitrogens with zero attached hydrogens (tertiary/aromatic N) is 2. The van der Waals surface area contributed by atoms with Gasteiger partial charge in [-0.05, 0) is 39.7 Å². The smallest absolute Gasteiger partial charge is 0.407 e. The second kappa shape index (κ2) is 8.95.